The molecule has 0 heterocycles. The molecule has 96 heavy (non-hydrogen) atoms. The van der Waals surface area contributed by atoms with E-state index in [1.165, 1.54) is 327 Å². The van der Waals surface area contributed by atoms with Gasteiger partial charge in [0, 0.05) is 12.8 Å². The Hall–Kier alpha value is -2.29. The summed E-state index contributed by atoms with van der Waals surface area (Å²) < 4.78 is 34.5. The first-order valence-electron chi connectivity index (χ1n) is 42.0. The van der Waals surface area contributed by atoms with Crippen LogP contribution in [0.1, 0.15) is 425 Å². The van der Waals surface area contributed by atoms with Gasteiger partial charge in [0.2, 0.25) is 0 Å². The molecule has 0 N–H and O–H groups in total. The zero-order chi connectivity index (χ0) is 69.7. The van der Waals surface area contributed by atoms with Crippen molar-refractivity contribution in [3.8, 4) is 0 Å². The Morgan fingerprint density at radius 2 is 0.594 bits per heavy atom. The molecule has 0 amide bonds. The van der Waals surface area contributed by atoms with E-state index in [0.717, 1.165) is 64.2 Å². The fraction of sp³-hybridized carbons (Fsp3) is 0.860. The number of unbranched alkanes of at least 4 members (excludes halogenated alkanes) is 55. The Kier molecular flexibility index (Phi) is 75.0. The van der Waals surface area contributed by atoms with E-state index >= 15 is 0 Å². The van der Waals surface area contributed by atoms with Gasteiger partial charge in [0.05, 0.1) is 27.7 Å². The number of quaternary nitrogens is 1. The fourth-order valence-corrected chi connectivity index (χ4v) is 13.4. The number of carbonyl (C=O) groups is 2. The van der Waals surface area contributed by atoms with Crippen LogP contribution in [0.3, 0.4) is 0 Å². The first-order valence-corrected chi connectivity index (χ1v) is 43.5. The lowest BCUT2D eigenvalue weighted by Crippen LogP contribution is -2.37. The highest BCUT2D eigenvalue weighted by atomic mass is 31.2. The van der Waals surface area contributed by atoms with Crippen LogP contribution in [-0.4, -0.2) is 70.0 Å². The normalized spacial score (nSPS) is 13.3. The van der Waals surface area contributed by atoms with Crippen molar-refractivity contribution in [1.29, 1.82) is 0 Å². The molecule has 0 aliphatic rings. The van der Waals surface area contributed by atoms with E-state index in [9.17, 15) is 19.0 Å². The van der Waals surface area contributed by atoms with Gasteiger partial charge >= 0.3 is 11.9 Å². The van der Waals surface area contributed by atoms with Crippen LogP contribution in [0.15, 0.2) is 60.8 Å². The number of carbonyl (C=O) groups excluding carboxylic acids is 2. The molecule has 0 fully saturated rings. The van der Waals surface area contributed by atoms with Crippen molar-refractivity contribution in [2.24, 2.45) is 0 Å². The molecule has 0 aromatic heterocycles. The standard InChI is InChI=1S/C86H162NO8P/c1-6-8-10-12-14-16-18-20-22-24-26-28-30-32-34-36-38-39-40-41-42-43-44-45-46-47-49-51-53-55-57-59-61-63-65-67-69-71-73-75-77-79-86(89)95-84(83-94-96(90,91)93-81-80-87(3,4)5)82-92-85(88)78-76-74-72-70-68-66-64-62-60-58-56-54-52-50-48-37-35-33-31-29-27-25-23-21-19-17-15-13-11-9-7-2/h8,10,14,16,20,22,26,28,32,34,84H,6-7,9,11-13,15,17-19,21,23-25,27,29-31,33,35-83H2,1-5H3/b10-8-,16-14-,22-20-,28-26-,34-32-. The van der Waals surface area contributed by atoms with Gasteiger partial charge in [-0.1, -0.05) is 415 Å². The second-order valence-electron chi connectivity index (χ2n) is 29.8. The van der Waals surface area contributed by atoms with Gasteiger partial charge in [-0.05, 0) is 57.8 Å². The topological polar surface area (TPSA) is 111 Å². The highest BCUT2D eigenvalue weighted by Crippen LogP contribution is 2.38. The fourth-order valence-electron chi connectivity index (χ4n) is 12.7. The minimum atomic E-state index is -4.64. The van der Waals surface area contributed by atoms with E-state index in [0.29, 0.717) is 17.4 Å². The molecule has 10 heteroatoms. The van der Waals surface area contributed by atoms with Gasteiger partial charge in [0.15, 0.2) is 6.10 Å². The van der Waals surface area contributed by atoms with Crippen LogP contribution in [0, 0.1) is 0 Å². The van der Waals surface area contributed by atoms with E-state index in [-0.39, 0.29) is 32.0 Å². The van der Waals surface area contributed by atoms with Crippen molar-refractivity contribution in [3.05, 3.63) is 60.8 Å². The Balaban J connectivity index is 3.87. The summed E-state index contributed by atoms with van der Waals surface area (Å²) in [6.45, 7) is 4.21. The van der Waals surface area contributed by atoms with Crippen molar-refractivity contribution >= 4 is 19.8 Å². The molecule has 0 aliphatic carbocycles. The summed E-state index contributed by atoms with van der Waals surface area (Å²) >= 11 is 0. The second kappa shape index (κ2) is 76.9. The van der Waals surface area contributed by atoms with Crippen molar-refractivity contribution in [1.82, 2.24) is 0 Å². The smallest absolute Gasteiger partial charge is 0.306 e. The molecule has 2 atom stereocenters. The highest BCUT2D eigenvalue weighted by molar-refractivity contribution is 7.45. The zero-order valence-electron chi connectivity index (χ0n) is 64.6. The van der Waals surface area contributed by atoms with Gasteiger partial charge in [0.25, 0.3) is 7.82 Å². The molecule has 0 saturated heterocycles. The number of hydrogen-bond donors (Lipinski definition) is 0. The third-order valence-corrected chi connectivity index (χ3v) is 20.0. The van der Waals surface area contributed by atoms with Crippen LogP contribution in [0.25, 0.3) is 0 Å². The lowest BCUT2D eigenvalue weighted by Gasteiger charge is -2.28. The average molecular weight is 1370 g/mol. The third-order valence-electron chi connectivity index (χ3n) is 19.1. The molecule has 0 aliphatic heterocycles. The Morgan fingerprint density at radius 1 is 0.333 bits per heavy atom. The first kappa shape index (κ1) is 93.7. The molecule has 0 radical (unpaired) electrons. The van der Waals surface area contributed by atoms with Crippen molar-refractivity contribution in [2.75, 3.05) is 47.5 Å². The van der Waals surface area contributed by atoms with Gasteiger partial charge in [-0.25, -0.2) is 0 Å². The summed E-state index contributed by atoms with van der Waals surface area (Å²) in [5, 5.41) is 0. The van der Waals surface area contributed by atoms with Crippen LogP contribution in [-0.2, 0) is 32.7 Å². The molecule has 0 aromatic rings. The number of rotatable bonds is 79. The molecular weight excluding hydrogens is 1210 g/mol. The minimum Gasteiger partial charge on any atom is -0.756 e. The predicted octanol–water partition coefficient (Wildman–Crippen LogP) is 27.4. The monoisotopic (exact) mass is 1370 g/mol. The Morgan fingerprint density at radius 3 is 0.885 bits per heavy atom. The summed E-state index contributed by atoms with van der Waals surface area (Å²) in [6.07, 6.45) is 104. The van der Waals surface area contributed by atoms with Crippen molar-refractivity contribution < 1.29 is 42.1 Å². The van der Waals surface area contributed by atoms with Gasteiger partial charge < -0.3 is 27.9 Å². The van der Waals surface area contributed by atoms with E-state index in [2.05, 4.69) is 74.6 Å². The molecule has 564 valence electrons. The predicted molar refractivity (Wildman–Crippen MR) is 416 cm³/mol. The molecule has 2 unspecified atom stereocenters. The number of likely N-dealkylation sites (N-methyl/N-ethyl adjacent to an activating group) is 1. The maximum Gasteiger partial charge on any atom is 0.306 e. The van der Waals surface area contributed by atoms with Crippen LogP contribution in [0.5, 0.6) is 0 Å². The summed E-state index contributed by atoms with van der Waals surface area (Å²) in [7, 11) is 1.19. The van der Waals surface area contributed by atoms with Crippen molar-refractivity contribution in [2.45, 2.75) is 431 Å². The molecule has 0 spiro atoms. The quantitative estimate of drug-likeness (QED) is 0.0195. The van der Waals surface area contributed by atoms with E-state index < -0.39 is 26.5 Å². The number of esters is 2. The summed E-state index contributed by atoms with van der Waals surface area (Å²) in [5.41, 5.74) is 0. The Bertz CT molecular complexity index is 1800. The summed E-state index contributed by atoms with van der Waals surface area (Å²) in [5.74, 6) is -0.806. The first-order chi connectivity index (χ1) is 47.0. The van der Waals surface area contributed by atoms with Gasteiger partial charge in [-0.2, -0.15) is 0 Å². The lowest BCUT2D eigenvalue weighted by molar-refractivity contribution is -0.870. The molecule has 0 rings (SSSR count). The van der Waals surface area contributed by atoms with E-state index in [4.69, 9.17) is 18.5 Å². The van der Waals surface area contributed by atoms with E-state index in [1.54, 1.807) is 0 Å². The maximum absolute atomic E-state index is 12.9. The number of phosphoric acid groups is 1. The Labute approximate surface area is 597 Å². The van der Waals surface area contributed by atoms with Crippen LogP contribution >= 0.6 is 7.82 Å². The highest BCUT2D eigenvalue weighted by Gasteiger charge is 2.22. The second-order valence-corrected chi connectivity index (χ2v) is 31.2. The third kappa shape index (κ3) is 80.7. The largest absolute Gasteiger partial charge is 0.756 e. The molecule has 9 nitrogen and oxygen atoms in total. The number of ether oxygens (including phenoxy) is 2. The molecule has 0 bridgehead atoms. The summed E-state index contributed by atoms with van der Waals surface area (Å²) in [6, 6.07) is 0. The number of nitrogens with zero attached hydrogens (tertiary/aromatic N) is 1. The van der Waals surface area contributed by atoms with Crippen LogP contribution in [0.4, 0.5) is 0 Å². The van der Waals surface area contributed by atoms with Gasteiger partial charge in [-0.3, -0.25) is 14.2 Å². The number of hydrogen-bond acceptors (Lipinski definition) is 8. The zero-order valence-corrected chi connectivity index (χ0v) is 65.5. The summed E-state index contributed by atoms with van der Waals surface area (Å²) in [4.78, 5) is 38.2. The van der Waals surface area contributed by atoms with Crippen molar-refractivity contribution in [3.63, 3.8) is 0 Å². The molecule has 0 saturated carbocycles. The van der Waals surface area contributed by atoms with Gasteiger partial charge in [-0.15, -0.1) is 0 Å². The molecule has 0 aromatic carbocycles. The SMILES string of the molecule is CC/C=C\C/C=C\C/C=C\C/C=C\C/C=C\CCCCCCCCCCCCCCCCCCCCCCCCCCCC(=O)OC(COC(=O)CCCCCCCCCCCCCCCCCCCCCCCCCCCCCCCCC)COP(=O)([O-])OCC[N+](C)(C)C. The van der Waals surface area contributed by atoms with Gasteiger partial charge in [0.1, 0.15) is 19.8 Å². The average Bonchev–Trinajstić information content (AvgIpc) is 2.54. The maximum atomic E-state index is 12.9. The molecular formula is C86H162NO8P. The number of allylic oxidation sites excluding steroid dienone is 10. The number of phosphoric ester groups is 1. The lowest BCUT2D eigenvalue weighted by atomic mass is 10.0. The van der Waals surface area contributed by atoms with E-state index in [1.807, 2.05) is 21.1 Å². The van der Waals surface area contributed by atoms with Crippen LogP contribution < -0.4 is 4.89 Å². The minimum absolute atomic E-state index is 0.0274. The van der Waals surface area contributed by atoms with Crippen LogP contribution in [0.2, 0.25) is 0 Å².